The van der Waals surface area contributed by atoms with Crippen LogP contribution in [0.25, 0.3) is 0 Å². The highest BCUT2D eigenvalue weighted by atomic mass is 32.1. The maximum atomic E-state index is 12.9. The van der Waals surface area contributed by atoms with Crippen molar-refractivity contribution in [2.45, 2.75) is 45.6 Å². The molecule has 0 radical (unpaired) electrons. The number of amides is 2. The molecule has 2 aromatic rings. The molecule has 0 fully saturated rings. The molecule has 126 valence electrons. The number of para-hydroxylation sites is 1. The first kappa shape index (κ1) is 16.6. The van der Waals surface area contributed by atoms with Crippen LogP contribution in [0.3, 0.4) is 0 Å². The molecule has 3 rings (SSSR count). The van der Waals surface area contributed by atoms with Crippen molar-refractivity contribution in [2.75, 3.05) is 5.32 Å². The molecular formula is C18H21N3O2S. The lowest BCUT2D eigenvalue weighted by atomic mass is 9.89. The van der Waals surface area contributed by atoms with E-state index >= 15 is 0 Å². The number of rotatable bonds is 3. The third-order valence-electron chi connectivity index (χ3n) is 4.32. The van der Waals surface area contributed by atoms with E-state index in [0.29, 0.717) is 5.69 Å². The quantitative estimate of drug-likeness (QED) is 0.899. The van der Waals surface area contributed by atoms with Gasteiger partial charge in [0, 0.05) is 17.0 Å². The molecule has 24 heavy (non-hydrogen) atoms. The molecule has 0 spiro atoms. The van der Waals surface area contributed by atoms with Gasteiger partial charge >= 0.3 is 0 Å². The minimum atomic E-state index is -0.580. The molecule has 1 aliphatic heterocycles. The van der Waals surface area contributed by atoms with E-state index in [-0.39, 0.29) is 18.2 Å². The molecular weight excluding hydrogens is 322 g/mol. The van der Waals surface area contributed by atoms with Crippen molar-refractivity contribution >= 4 is 28.8 Å². The van der Waals surface area contributed by atoms with Crippen molar-refractivity contribution in [3.05, 3.63) is 45.4 Å². The number of hydrogen-bond acceptors (Lipinski definition) is 4. The number of carbonyl (C=O) groups excluding carboxylic acids is 2. The maximum Gasteiger partial charge on any atom is 0.228 e. The van der Waals surface area contributed by atoms with Crippen LogP contribution in [0.2, 0.25) is 0 Å². The Kier molecular flexibility index (Phi) is 4.17. The van der Waals surface area contributed by atoms with Crippen LogP contribution in [0.15, 0.2) is 24.3 Å². The summed E-state index contributed by atoms with van der Waals surface area (Å²) < 4.78 is 0. The van der Waals surface area contributed by atoms with Gasteiger partial charge in [-0.2, -0.15) is 0 Å². The van der Waals surface area contributed by atoms with Crippen LogP contribution in [0.5, 0.6) is 0 Å². The van der Waals surface area contributed by atoms with Crippen LogP contribution in [0.1, 0.15) is 47.3 Å². The summed E-state index contributed by atoms with van der Waals surface area (Å²) in [6.45, 7) is 7.87. The second kappa shape index (κ2) is 6.02. The monoisotopic (exact) mass is 343 g/mol. The highest BCUT2D eigenvalue weighted by Gasteiger charge is 2.35. The Hall–Kier alpha value is -2.21. The lowest BCUT2D eigenvalue weighted by Gasteiger charge is -2.30. The molecule has 2 heterocycles. The van der Waals surface area contributed by atoms with Crippen molar-refractivity contribution < 1.29 is 9.59 Å². The van der Waals surface area contributed by atoms with Crippen LogP contribution in [0.4, 0.5) is 5.69 Å². The maximum absolute atomic E-state index is 12.9. The number of nitrogens with zero attached hydrogens (tertiary/aromatic N) is 1. The van der Waals surface area contributed by atoms with Gasteiger partial charge in [-0.15, -0.1) is 11.3 Å². The largest absolute Gasteiger partial charge is 0.344 e. The van der Waals surface area contributed by atoms with Gasteiger partial charge in [-0.25, -0.2) is 4.98 Å². The topological polar surface area (TPSA) is 71.1 Å². The molecule has 6 heteroatoms. The average molecular weight is 343 g/mol. The SMILES string of the molecule is Cc1nc(C(C)(C)NC(=O)C2CC(=O)Nc3ccccc32)sc1C. The Morgan fingerprint density at radius 2 is 2.04 bits per heavy atom. The number of carbonyl (C=O) groups is 2. The lowest BCUT2D eigenvalue weighted by molar-refractivity contribution is -0.127. The first-order valence-electron chi connectivity index (χ1n) is 7.93. The smallest absolute Gasteiger partial charge is 0.228 e. The first-order chi connectivity index (χ1) is 11.3. The van der Waals surface area contributed by atoms with Crippen molar-refractivity contribution in [2.24, 2.45) is 0 Å². The third kappa shape index (κ3) is 3.06. The number of fused-ring (bicyclic) bond motifs is 1. The summed E-state index contributed by atoms with van der Waals surface area (Å²) in [4.78, 5) is 30.5. The molecule has 1 atom stereocenters. The Morgan fingerprint density at radius 3 is 2.71 bits per heavy atom. The van der Waals surface area contributed by atoms with E-state index in [1.807, 2.05) is 52.0 Å². The van der Waals surface area contributed by atoms with Crippen LogP contribution in [-0.2, 0) is 15.1 Å². The number of benzene rings is 1. The van der Waals surface area contributed by atoms with E-state index in [2.05, 4.69) is 15.6 Å². The molecule has 2 amide bonds. The van der Waals surface area contributed by atoms with Gasteiger partial charge in [0.2, 0.25) is 11.8 Å². The zero-order valence-corrected chi connectivity index (χ0v) is 15.1. The standard InChI is InChI=1S/C18H21N3O2S/c1-10-11(2)24-17(19-10)18(3,4)21-16(23)13-9-15(22)20-14-8-6-5-7-12(13)14/h5-8,13H,9H2,1-4H3,(H,20,22)(H,21,23). The normalized spacial score (nSPS) is 17.2. The van der Waals surface area contributed by atoms with Crippen molar-refractivity contribution in [3.63, 3.8) is 0 Å². The summed E-state index contributed by atoms with van der Waals surface area (Å²) in [5, 5.41) is 6.77. The molecule has 0 saturated carbocycles. The number of nitrogens with one attached hydrogen (secondary N) is 2. The highest BCUT2D eigenvalue weighted by molar-refractivity contribution is 7.11. The van der Waals surface area contributed by atoms with Gasteiger partial charge < -0.3 is 10.6 Å². The van der Waals surface area contributed by atoms with Crippen LogP contribution < -0.4 is 10.6 Å². The predicted octanol–water partition coefficient (Wildman–Crippen LogP) is 3.24. The Bertz CT molecular complexity index is 791. The zero-order chi connectivity index (χ0) is 17.5. The molecule has 1 unspecified atom stereocenters. The molecule has 0 saturated heterocycles. The molecule has 2 N–H and O–H groups in total. The van der Waals surface area contributed by atoms with Crippen molar-refractivity contribution in [3.8, 4) is 0 Å². The van der Waals surface area contributed by atoms with E-state index < -0.39 is 11.5 Å². The molecule has 5 nitrogen and oxygen atoms in total. The van der Waals surface area contributed by atoms with E-state index in [9.17, 15) is 9.59 Å². The zero-order valence-electron chi connectivity index (χ0n) is 14.3. The van der Waals surface area contributed by atoms with Gasteiger partial charge in [-0.3, -0.25) is 9.59 Å². The van der Waals surface area contributed by atoms with Gasteiger partial charge in [0.15, 0.2) is 0 Å². The summed E-state index contributed by atoms with van der Waals surface area (Å²) in [5.41, 5.74) is 1.98. The third-order valence-corrected chi connectivity index (χ3v) is 5.71. The Balaban J connectivity index is 1.86. The average Bonchev–Trinajstić information content (AvgIpc) is 2.86. The van der Waals surface area contributed by atoms with Crippen LogP contribution >= 0.6 is 11.3 Å². The fraction of sp³-hybridized carbons (Fsp3) is 0.389. The van der Waals surface area contributed by atoms with E-state index in [4.69, 9.17) is 0 Å². The minimum absolute atomic E-state index is 0.132. The summed E-state index contributed by atoms with van der Waals surface area (Å²) in [6.07, 6.45) is 0.162. The number of aryl methyl sites for hydroxylation is 2. The fourth-order valence-corrected chi connectivity index (χ4v) is 3.81. The molecule has 0 bridgehead atoms. The molecule has 1 aromatic heterocycles. The molecule has 0 aliphatic carbocycles. The van der Waals surface area contributed by atoms with Gasteiger partial charge in [0.25, 0.3) is 0 Å². The van der Waals surface area contributed by atoms with E-state index in [1.54, 1.807) is 11.3 Å². The summed E-state index contributed by atoms with van der Waals surface area (Å²) in [5.74, 6) is -0.753. The van der Waals surface area contributed by atoms with Crippen LogP contribution in [0, 0.1) is 13.8 Å². The summed E-state index contributed by atoms with van der Waals surface area (Å²) in [7, 11) is 0. The number of thiazole rings is 1. The number of hydrogen-bond donors (Lipinski definition) is 2. The summed E-state index contributed by atoms with van der Waals surface area (Å²) >= 11 is 1.59. The number of anilines is 1. The van der Waals surface area contributed by atoms with E-state index in [1.165, 1.54) is 0 Å². The molecule has 1 aromatic carbocycles. The predicted molar refractivity (Wildman–Crippen MR) is 95.2 cm³/mol. The van der Waals surface area contributed by atoms with Gasteiger partial charge in [-0.1, -0.05) is 18.2 Å². The van der Waals surface area contributed by atoms with Gasteiger partial charge in [0.05, 0.1) is 17.2 Å². The lowest BCUT2D eigenvalue weighted by Crippen LogP contribution is -2.45. The second-order valence-electron chi connectivity index (χ2n) is 6.67. The minimum Gasteiger partial charge on any atom is -0.344 e. The Morgan fingerprint density at radius 1 is 1.33 bits per heavy atom. The summed E-state index contributed by atoms with van der Waals surface area (Å²) in [6, 6.07) is 7.45. The van der Waals surface area contributed by atoms with Gasteiger partial charge in [0.1, 0.15) is 5.01 Å². The first-order valence-corrected chi connectivity index (χ1v) is 8.75. The van der Waals surface area contributed by atoms with Crippen molar-refractivity contribution in [1.82, 2.24) is 10.3 Å². The second-order valence-corrected chi connectivity index (χ2v) is 7.87. The molecule has 1 aliphatic rings. The highest BCUT2D eigenvalue weighted by Crippen LogP contribution is 2.34. The van der Waals surface area contributed by atoms with E-state index in [0.717, 1.165) is 21.1 Å². The van der Waals surface area contributed by atoms with Gasteiger partial charge in [-0.05, 0) is 39.3 Å². The number of aromatic nitrogens is 1. The van der Waals surface area contributed by atoms with Crippen molar-refractivity contribution in [1.29, 1.82) is 0 Å². The fourth-order valence-electron chi connectivity index (χ4n) is 2.83. The Labute approximate surface area is 145 Å². The van der Waals surface area contributed by atoms with Crippen LogP contribution in [-0.4, -0.2) is 16.8 Å².